The minimum atomic E-state index is -0.00147. The predicted octanol–water partition coefficient (Wildman–Crippen LogP) is 3.55. The van der Waals surface area contributed by atoms with Crippen LogP contribution in [-0.4, -0.2) is 56.4 Å². The summed E-state index contributed by atoms with van der Waals surface area (Å²) in [6.07, 6.45) is 8.05. The lowest BCUT2D eigenvalue weighted by Gasteiger charge is -2.33. The van der Waals surface area contributed by atoms with Crippen LogP contribution >= 0.6 is 11.6 Å². The van der Waals surface area contributed by atoms with Gasteiger partial charge in [-0.25, -0.2) is 9.67 Å². The van der Waals surface area contributed by atoms with Crippen LogP contribution in [0.25, 0.3) is 22.4 Å². The lowest BCUT2D eigenvalue weighted by Crippen LogP contribution is -2.43. The van der Waals surface area contributed by atoms with Gasteiger partial charge in [0.05, 0.1) is 17.2 Å². The van der Waals surface area contributed by atoms with Crippen LogP contribution in [0.1, 0.15) is 38.3 Å². The molecule has 3 atom stereocenters. The molecule has 158 valence electrons. The van der Waals surface area contributed by atoms with Crippen molar-refractivity contribution in [1.82, 2.24) is 24.5 Å². The zero-order valence-corrected chi connectivity index (χ0v) is 17.8. The van der Waals surface area contributed by atoms with Crippen molar-refractivity contribution in [2.75, 3.05) is 24.6 Å². The number of morpholine rings is 1. The first-order chi connectivity index (χ1) is 14.7. The molecule has 8 nitrogen and oxygen atoms in total. The third kappa shape index (κ3) is 3.09. The maximum atomic E-state index is 6.70. The number of hydrogen-bond acceptors (Lipinski definition) is 6. The molecule has 3 aromatic rings. The van der Waals surface area contributed by atoms with E-state index in [9.17, 15) is 0 Å². The molecule has 0 amide bonds. The van der Waals surface area contributed by atoms with E-state index < -0.39 is 0 Å². The Balaban J connectivity index is 1.39. The molecule has 0 radical (unpaired) electrons. The molecule has 0 aromatic carbocycles. The zero-order valence-electron chi connectivity index (χ0n) is 17.0. The standard InChI is InChI=1S/C21H25ClN6O2/c1-26-21-15(22)10-17(27-11-13-5-6-14(12-27)30-13)23-20(21)19(25-26)16-7-8-28(24-16)18-4-2-3-9-29-18/h7-8,10,13-14,18H,2-6,9,11-12H2,1H3. The fraction of sp³-hybridized carbons (Fsp3) is 0.571. The normalized spacial score (nSPS) is 26.6. The van der Waals surface area contributed by atoms with Crippen LogP contribution in [0.2, 0.25) is 5.02 Å². The molecule has 0 saturated carbocycles. The summed E-state index contributed by atoms with van der Waals surface area (Å²) in [6.45, 7) is 2.50. The molecule has 3 aliphatic heterocycles. The second-order valence-electron chi connectivity index (χ2n) is 8.50. The Hall–Kier alpha value is -2.16. The minimum absolute atomic E-state index is 0.00147. The average Bonchev–Trinajstić information content (AvgIpc) is 3.46. The van der Waals surface area contributed by atoms with Gasteiger partial charge in [-0.15, -0.1) is 0 Å². The third-order valence-corrected chi connectivity index (χ3v) is 6.69. The third-order valence-electron chi connectivity index (χ3n) is 6.40. The number of ether oxygens (including phenoxy) is 2. The zero-order chi connectivity index (χ0) is 20.2. The van der Waals surface area contributed by atoms with E-state index in [1.807, 2.05) is 30.1 Å². The highest BCUT2D eigenvalue weighted by Crippen LogP contribution is 2.35. The summed E-state index contributed by atoms with van der Waals surface area (Å²) < 4.78 is 15.5. The number of aromatic nitrogens is 5. The Bertz CT molecular complexity index is 1080. The Kier molecular flexibility index (Phi) is 4.47. The number of anilines is 1. The van der Waals surface area contributed by atoms with E-state index >= 15 is 0 Å². The summed E-state index contributed by atoms with van der Waals surface area (Å²) in [5, 5.41) is 10.1. The molecule has 2 bridgehead atoms. The van der Waals surface area contributed by atoms with Crippen LogP contribution in [-0.2, 0) is 16.5 Å². The molecule has 3 saturated heterocycles. The van der Waals surface area contributed by atoms with Crippen LogP contribution < -0.4 is 4.90 Å². The van der Waals surface area contributed by atoms with Crippen molar-refractivity contribution in [3.8, 4) is 11.4 Å². The molecule has 3 aromatic heterocycles. The van der Waals surface area contributed by atoms with Gasteiger partial charge in [0.1, 0.15) is 34.5 Å². The number of fused-ring (bicyclic) bond motifs is 3. The SMILES string of the molecule is Cn1nc(-c2ccn(C3CCCCO3)n2)c2nc(N3CC4CCC(C3)O4)cc(Cl)c21. The quantitative estimate of drug-likeness (QED) is 0.635. The summed E-state index contributed by atoms with van der Waals surface area (Å²) in [5.41, 5.74) is 3.16. The molecular formula is C21H25ClN6O2. The molecule has 0 N–H and O–H groups in total. The van der Waals surface area contributed by atoms with Crippen molar-refractivity contribution in [2.45, 2.75) is 50.5 Å². The Morgan fingerprint density at radius 1 is 1.10 bits per heavy atom. The van der Waals surface area contributed by atoms with E-state index in [4.69, 9.17) is 36.3 Å². The van der Waals surface area contributed by atoms with Gasteiger partial charge in [0.25, 0.3) is 0 Å². The van der Waals surface area contributed by atoms with Gasteiger partial charge >= 0.3 is 0 Å². The van der Waals surface area contributed by atoms with E-state index in [1.54, 1.807) is 4.68 Å². The summed E-state index contributed by atoms with van der Waals surface area (Å²) in [4.78, 5) is 7.29. The number of hydrogen-bond donors (Lipinski definition) is 0. The summed E-state index contributed by atoms with van der Waals surface area (Å²) >= 11 is 6.70. The number of rotatable bonds is 3. The van der Waals surface area contributed by atoms with Crippen LogP contribution in [0.15, 0.2) is 18.3 Å². The second kappa shape index (κ2) is 7.21. The van der Waals surface area contributed by atoms with E-state index in [0.717, 1.165) is 80.0 Å². The minimum Gasteiger partial charge on any atom is -0.371 e. The van der Waals surface area contributed by atoms with Crippen molar-refractivity contribution in [3.05, 3.63) is 23.4 Å². The van der Waals surface area contributed by atoms with E-state index in [-0.39, 0.29) is 6.23 Å². The number of aryl methyl sites for hydroxylation is 1. The first-order valence-electron chi connectivity index (χ1n) is 10.8. The van der Waals surface area contributed by atoms with E-state index in [2.05, 4.69) is 4.90 Å². The molecule has 3 unspecified atom stereocenters. The molecular weight excluding hydrogens is 404 g/mol. The Labute approximate surface area is 179 Å². The van der Waals surface area contributed by atoms with Gasteiger partial charge in [0.2, 0.25) is 0 Å². The van der Waals surface area contributed by atoms with Crippen molar-refractivity contribution < 1.29 is 9.47 Å². The first kappa shape index (κ1) is 18.6. The van der Waals surface area contributed by atoms with Crippen molar-refractivity contribution in [1.29, 1.82) is 0 Å². The lowest BCUT2D eigenvalue weighted by molar-refractivity contribution is -0.0393. The highest BCUT2D eigenvalue weighted by atomic mass is 35.5. The Morgan fingerprint density at radius 2 is 1.93 bits per heavy atom. The molecule has 9 heteroatoms. The highest BCUT2D eigenvalue weighted by Gasteiger charge is 2.34. The highest BCUT2D eigenvalue weighted by molar-refractivity contribution is 6.35. The average molecular weight is 429 g/mol. The Morgan fingerprint density at radius 3 is 2.70 bits per heavy atom. The molecule has 0 spiro atoms. The molecule has 30 heavy (non-hydrogen) atoms. The molecule has 6 rings (SSSR count). The van der Waals surface area contributed by atoms with Gasteiger partial charge in [0, 0.05) is 39.0 Å². The summed E-state index contributed by atoms with van der Waals surface area (Å²) in [7, 11) is 1.90. The van der Waals surface area contributed by atoms with E-state index in [1.165, 1.54) is 0 Å². The number of nitrogens with zero attached hydrogens (tertiary/aromatic N) is 6. The molecule has 3 fully saturated rings. The summed E-state index contributed by atoms with van der Waals surface area (Å²) in [5.74, 6) is 0.886. The van der Waals surface area contributed by atoms with Gasteiger partial charge in [-0.2, -0.15) is 10.2 Å². The van der Waals surface area contributed by atoms with Crippen LogP contribution in [0, 0.1) is 0 Å². The maximum absolute atomic E-state index is 6.70. The topological polar surface area (TPSA) is 70.2 Å². The predicted molar refractivity (Wildman–Crippen MR) is 114 cm³/mol. The van der Waals surface area contributed by atoms with Crippen molar-refractivity contribution in [2.24, 2.45) is 7.05 Å². The van der Waals surface area contributed by atoms with Crippen molar-refractivity contribution in [3.63, 3.8) is 0 Å². The van der Waals surface area contributed by atoms with Gasteiger partial charge < -0.3 is 14.4 Å². The largest absolute Gasteiger partial charge is 0.371 e. The second-order valence-corrected chi connectivity index (χ2v) is 8.90. The van der Waals surface area contributed by atoms with Gasteiger partial charge in [0.15, 0.2) is 0 Å². The van der Waals surface area contributed by atoms with Crippen LogP contribution in [0.3, 0.4) is 0 Å². The molecule has 6 heterocycles. The molecule has 3 aliphatic rings. The van der Waals surface area contributed by atoms with Gasteiger partial charge in [-0.1, -0.05) is 11.6 Å². The van der Waals surface area contributed by atoms with Crippen molar-refractivity contribution >= 4 is 28.5 Å². The fourth-order valence-electron chi connectivity index (χ4n) is 4.91. The maximum Gasteiger partial charge on any atom is 0.150 e. The number of halogens is 1. The van der Waals surface area contributed by atoms with Crippen LogP contribution in [0.4, 0.5) is 5.82 Å². The lowest BCUT2D eigenvalue weighted by atomic mass is 10.2. The molecule has 0 aliphatic carbocycles. The van der Waals surface area contributed by atoms with Crippen LogP contribution in [0.5, 0.6) is 0 Å². The van der Waals surface area contributed by atoms with Gasteiger partial charge in [-0.3, -0.25) is 4.68 Å². The van der Waals surface area contributed by atoms with E-state index in [0.29, 0.717) is 17.2 Å². The summed E-state index contributed by atoms with van der Waals surface area (Å²) in [6, 6.07) is 3.94. The smallest absolute Gasteiger partial charge is 0.150 e. The fourth-order valence-corrected chi connectivity index (χ4v) is 5.22. The van der Waals surface area contributed by atoms with Gasteiger partial charge in [-0.05, 0) is 38.2 Å². The monoisotopic (exact) mass is 428 g/mol. The first-order valence-corrected chi connectivity index (χ1v) is 11.1. The number of pyridine rings is 1.